The third-order valence-corrected chi connectivity index (χ3v) is 4.22. The molecule has 1 fully saturated rings. The number of β-lactam (4-membered cyclic amide) rings is 1. The molecule has 1 aliphatic rings. The first-order chi connectivity index (χ1) is 10.6. The fraction of sp³-hybridized carbons (Fsp3) is 0.333. The Balaban J connectivity index is 1.86. The van der Waals surface area contributed by atoms with Gasteiger partial charge in [-0.2, -0.15) is 0 Å². The third kappa shape index (κ3) is 2.45. The van der Waals surface area contributed by atoms with Crippen LogP contribution in [0.5, 0.6) is 0 Å². The maximum atomic E-state index is 11.9. The van der Waals surface area contributed by atoms with Gasteiger partial charge in [0, 0.05) is 0 Å². The number of esters is 1. The number of fused-ring (bicyclic) bond motifs is 1. The molecule has 0 aliphatic carbocycles. The number of amides is 1. The highest BCUT2D eigenvalue weighted by Gasteiger charge is 2.45. The first-order valence-corrected chi connectivity index (χ1v) is 7.58. The Morgan fingerprint density at radius 2 is 2.00 bits per heavy atom. The molecule has 2 aromatic rings. The number of nitrogens with zero attached hydrogens (tertiary/aromatic N) is 1. The molecule has 4 nitrogen and oxygen atoms in total. The van der Waals surface area contributed by atoms with Gasteiger partial charge in [-0.15, -0.1) is 0 Å². The standard InChI is InChI=1S/C18H19NO3/c1-3-22-18(21)16-11-17(20)19(16)12(2)14-9-8-13-6-4-5-7-15(13)10-14/h4-10,12,16H,3,11H2,1-2H3/t12-,16-/m1/s1. The number of likely N-dealkylation sites (tertiary alicyclic amines) is 1. The number of hydrogen-bond donors (Lipinski definition) is 0. The van der Waals surface area contributed by atoms with E-state index in [1.165, 1.54) is 0 Å². The van der Waals surface area contributed by atoms with Crippen LogP contribution in [0.3, 0.4) is 0 Å². The van der Waals surface area contributed by atoms with Crippen LogP contribution in [0.15, 0.2) is 42.5 Å². The van der Waals surface area contributed by atoms with Gasteiger partial charge in [-0.25, -0.2) is 4.79 Å². The van der Waals surface area contributed by atoms with Crippen LogP contribution in [-0.2, 0) is 14.3 Å². The van der Waals surface area contributed by atoms with Crippen molar-refractivity contribution in [2.24, 2.45) is 0 Å². The lowest BCUT2D eigenvalue weighted by Gasteiger charge is -2.42. The molecule has 2 atom stereocenters. The maximum Gasteiger partial charge on any atom is 0.329 e. The lowest BCUT2D eigenvalue weighted by Crippen LogP contribution is -2.57. The minimum absolute atomic E-state index is 0.00119. The molecule has 0 unspecified atom stereocenters. The zero-order valence-corrected chi connectivity index (χ0v) is 12.8. The smallest absolute Gasteiger partial charge is 0.329 e. The normalized spacial score (nSPS) is 18.9. The minimum Gasteiger partial charge on any atom is -0.464 e. The van der Waals surface area contributed by atoms with Crippen LogP contribution in [0.1, 0.15) is 31.9 Å². The van der Waals surface area contributed by atoms with Crippen molar-refractivity contribution in [1.29, 1.82) is 0 Å². The number of benzene rings is 2. The minimum atomic E-state index is -0.450. The molecule has 4 heteroatoms. The second-order valence-corrected chi connectivity index (χ2v) is 5.56. The topological polar surface area (TPSA) is 46.6 Å². The predicted octanol–water partition coefficient (Wildman–Crippen LogP) is 3.06. The van der Waals surface area contributed by atoms with Crippen LogP contribution in [0, 0.1) is 0 Å². The summed E-state index contributed by atoms with van der Waals surface area (Å²) in [6.07, 6.45) is 0.247. The lowest BCUT2D eigenvalue weighted by atomic mass is 9.94. The average Bonchev–Trinajstić information content (AvgIpc) is 2.52. The molecule has 3 rings (SSSR count). The van der Waals surface area contributed by atoms with E-state index in [2.05, 4.69) is 12.1 Å². The number of carbonyl (C=O) groups is 2. The summed E-state index contributed by atoms with van der Waals surface area (Å²) in [6, 6.07) is 13.6. The second kappa shape index (κ2) is 5.79. The van der Waals surface area contributed by atoms with E-state index in [4.69, 9.17) is 4.74 Å². The van der Waals surface area contributed by atoms with Crippen molar-refractivity contribution >= 4 is 22.6 Å². The van der Waals surface area contributed by atoms with Gasteiger partial charge in [0.25, 0.3) is 0 Å². The molecule has 0 spiro atoms. The van der Waals surface area contributed by atoms with Gasteiger partial charge in [0.1, 0.15) is 6.04 Å². The van der Waals surface area contributed by atoms with Crippen LogP contribution in [0.25, 0.3) is 10.8 Å². The van der Waals surface area contributed by atoms with Crippen LogP contribution in [0.4, 0.5) is 0 Å². The molecule has 0 aromatic heterocycles. The molecular formula is C18H19NO3. The van der Waals surface area contributed by atoms with E-state index >= 15 is 0 Å². The summed E-state index contributed by atoms with van der Waals surface area (Å²) >= 11 is 0. The van der Waals surface area contributed by atoms with Gasteiger partial charge in [0.05, 0.1) is 19.1 Å². The van der Waals surface area contributed by atoms with Crippen molar-refractivity contribution in [2.75, 3.05) is 6.61 Å². The first kappa shape index (κ1) is 14.6. The summed E-state index contributed by atoms with van der Waals surface area (Å²) < 4.78 is 5.05. The summed E-state index contributed by atoms with van der Waals surface area (Å²) in [5.74, 6) is -0.312. The maximum absolute atomic E-state index is 11.9. The predicted molar refractivity (Wildman–Crippen MR) is 84.2 cm³/mol. The van der Waals surface area contributed by atoms with E-state index in [0.717, 1.165) is 16.3 Å². The van der Waals surface area contributed by atoms with Crippen LogP contribution < -0.4 is 0 Å². The van der Waals surface area contributed by atoms with E-state index < -0.39 is 6.04 Å². The molecule has 1 heterocycles. The molecule has 0 radical (unpaired) electrons. The van der Waals surface area contributed by atoms with E-state index in [1.807, 2.05) is 37.3 Å². The Morgan fingerprint density at radius 3 is 2.68 bits per heavy atom. The van der Waals surface area contributed by atoms with E-state index in [9.17, 15) is 9.59 Å². The fourth-order valence-corrected chi connectivity index (χ4v) is 2.98. The van der Waals surface area contributed by atoms with Gasteiger partial charge in [-0.1, -0.05) is 36.4 Å². The quantitative estimate of drug-likeness (QED) is 0.643. The molecule has 22 heavy (non-hydrogen) atoms. The van der Waals surface area contributed by atoms with E-state index in [1.54, 1.807) is 11.8 Å². The zero-order chi connectivity index (χ0) is 15.7. The Hall–Kier alpha value is -2.36. The molecule has 0 bridgehead atoms. The van der Waals surface area contributed by atoms with E-state index in [0.29, 0.717) is 6.61 Å². The molecule has 0 saturated carbocycles. The molecule has 114 valence electrons. The highest BCUT2D eigenvalue weighted by molar-refractivity contribution is 5.95. The van der Waals surface area contributed by atoms with Crippen molar-refractivity contribution in [1.82, 2.24) is 4.90 Å². The highest BCUT2D eigenvalue weighted by Crippen LogP contribution is 2.33. The van der Waals surface area contributed by atoms with Gasteiger partial charge in [-0.05, 0) is 36.2 Å². The Labute approximate surface area is 129 Å². The number of rotatable bonds is 4. The van der Waals surface area contributed by atoms with Crippen molar-refractivity contribution in [2.45, 2.75) is 32.4 Å². The van der Waals surface area contributed by atoms with Gasteiger partial charge in [0.15, 0.2) is 0 Å². The third-order valence-electron chi connectivity index (χ3n) is 4.22. The van der Waals surface area contributed by atoms with Crippen LogP contribution in [0.2, 0.25) is 0 Å². The van der Waals surface area contributed by atoms with Gasteiger partial charge in [0.2, 0.25) is 5.91 Å². The number of hydrogen-bond acceptors (Lipinski definition) is 3. The second-order valence-electron chi connectivity index (χ2n) is 5.56. The summed E-state index contributed by atoms with van der Waals surface area (Å²) in [5.41, 5.74) is 1.03. The molecule has 2 aromatic carbocycles. The number of ether oxygens (including phenoxy) is 1. The van der Waals surface area contributed by atoms with Crippen molar-refractivity contribution in [3.8, 4) is 0 Å². The lowest BCUT2D eigenvalue weighted by molar-refractivity contribution is -0.168. The molecule has 1 saturated heterocycles. The van der Waals surface area contributed by atoms with Crippen molar-refractivity contribution in [3.05, 3.63) is 48.0 Å². The molecule has 1 amide bonds. The van der Waals surface area contributed by atoms with Gasteiger partial charge >= 0.3 is 5.97 Å². The zero-order valence-electron chi connectivity index (χ0n) is 12.8. The monoisotopic (exact) mass is 297 g/mol. The summed E-state index contributed by atoms with van der Waals surface area (Å²) in [7, 11) is 0. The van der Waals surface area contributed by atoms with Crippen molar-refractivity contribution < 1.29 is 14.3 Å². The highest BCUT2D eigenvalue weighted by atomic mass is 16.5. The van der Waals surface area contributed by atoms with Gasteiger partial charge < -0.3 is 9.64 Å². The number of carbonyl (C=O) groups excluding carboxylic acids is 2. The first-order valence-electron chi connectivity index (χ1n) is 7.58. The molecule has 1 aliphatic heterocycles. The van der Waals surface area contributed by atoms with E-state index in [-0.39, 0.29) is 24.3 Å². The molecule has 0 N–H and O–H groups in total. The average molecular weight is 297 g/mol. The van der Waals surface area contributed by atoms with Crippen LogP contribution >= 0.6 is 0 Å². The fourth-order valence-electron chi connectivity index (χ4n) is 2.98. The largest absolute Gasteiger partial charge is 0.464 e. The Bertz CT molecular complexity index is 725. The summed E-state index contributed by atoms with van der Waals surface area (Å²) in [4.78, 5) is 25.5. The summed E-state index contributed by atoms with van der Waals surface area (Å²) in [5, 5.41) is 2.29. The Kier molecular flexibility index (Phi) is 3.84. The summed E-state index contributed by atoms with van der Waals surface area (Å²) in [6.45, 7) is 4.06. The Morgan fingerprint density at radius 1 is 1.27 bits per heavy atom. The SMILES string of the molecule is CCOC(=O)[C@H]1CC(=O)N1[C@H](C)c1ccc2ccccc2c1. The van der Waals surface area contributed by atoms with Gasteiger partial charge in [-0.3, -0.25) is 4.79 Å². The molecular weight excluding hydrogens is 278 g/mol. The van der Waals surface area contributed by atoms with Crippen LogP contribution in [-0.4, -0.2) is 29.4 Å². The van der Waals surface area contributed by atoms with Crippen molar-refractivity contribution in [3.63, 3.8) is 0 Å².